The molecule has 0 radical (unpaired) electrons. The van der Waals surface area contributed by atoms with E-state index in [1.165, 1.54) is 0 Å². The Morgan fingerprint density at radius 3 is 2.80 bits per heavy atom. The molecule has 0 bridgehead atoms. The summed E-state index contributed by atoms with van der Waals surface area (Å²) in [6, 6.07) is 6.10. The van der Waals surface area contributed by atoms with E-state index in [1.54, 1.807) is 0 Å². The lowest BCUT2D eigenvalue weighted by Gasteiger charge is -2.21. The maximum absolute atomic E-state index is 10.2. The van der Waals surface area contributed by atoms with Crippen molar-refractivity contribution < 1.29 is 14.6 Å². The first-order chi connectivity index (χ1) is 9.58. The molecule has 0 fully saturated rings. The van der Waals surface area contributed by atoms with Gasteiger partial charge in [0.05, 0.1) is 6.10 Å². The average Bonchev–Trinajstić information content (AvgIpc) is 2.90. The normalized spacial score (nSPS) is 15.1. The highest BCUT2D eigenvalue weighted by Crippen LogP contribution is 2.33. The zero-order valence-corrected chi connectivity index (χ0v) is 12.4. The highest BCUT2D eigenvalue weighted by molar-refractivity contribution is 5.45. The molecule has 0 saturated carbocycles. The minimum atomic E-state index is -0.533. The molecule has 1 atom stereocenters. The molecule has 5 heteroatoms. The molecule has 5 nitrogen and oxygen atoms in total. The Balaban J connectivity index is 1.76. The number of aliphatic hydroxyl groups is 1. The fraction of sp³-hybridized carbons (Fsp3) is 0.600. The molecule has 1 unspecified atom stereocenters. The molecule has 112 valence electrons. The molecule has 2 N–H and O–H groups in total. The predicted octanol–water partition coefficient (Wildman–Crippen LogP) is 1.38. The van der Waals surface area contributed by atoms with Crippen LogP contribution >= 0.6 is 0 Å². The predicted molar refractivity (Wildman–Crippen MR) is 78.2 cm³/mol. The van der Waals surface area contributed by atoms with Gasteiger partial charge in [-0.1, -0.05) is 6.07 Å². The topological polar surface area (TPSA) is 54.0 Å². The Bertz CT molecular complexity index is 437. The van der Waals surface area contributed by atoms with Gasteiger partial charge < -0.3 is 24.8 Å². The standard InChI is InChI=1S/C15H24N2O3/c1-11(2)17(3)7-6-16-9-13(18)12-4-5-14-15(8-12)20-10-19-14/h4-5,8,11,13,16,18H,6-7,9-10H2,1-3H3. The molecular weight excluding hydrogens is 256 g/mol. The van der Waals surface area contributed by atoms with Gasteiger partial charge in [-0.3, -0.25) is 0 Å². The molecule has 0 spiro atoms. The molecule has 1 aromatic carbocycles. The fourth-order valence-corrected chi connectivity index (χ4v) is 1.99. The van der Waals surface area contributed by atoms with Crippen LogP contribution in [0.15, 0.2) is 18.2 Å². The van der Waals surface area contributed by atoms with Crippen LogP contribution in [0, 0.1) is 0 Å². The zero-order valence-electron chi connectivity index (χ0n) is 12.4. The van der Waals surface area contributed by atoms with Gasteiger partial charge in [0.15, 0.2) is 11.5 Å². The van der Waals surface area contributed by atoms with Crippen LogP contribution in [0.3, 0.4) is 0 Å². The second-order valence-electron chi connectivity index (χ2n) is 5.41. The Kier molecular flexibility index (Phi) is 5.23. The van der Waals surface area contributed by atoms with Crippen LogP contribution < -0.4 is 14.8 Å². The monoisotopic (exact) mass is 280 g/mol. The lowest BCUT2D eigenvalue weighted by molar-refractivity contribution is 0.168. The Hall–Kier alpha value is -1.30. The van der Waals surface area contributed by atoms with E-state index in [0.717, 1.165) is 24.4 Å². The molecular formula is C15H24N2O3. The third kappa shape index (κ3) is 3.85. The molecule has 0 aromatic heterocycles. The third-order valence-corrected chi connectivity index (χ3v) is 3.64. The van der Waals surface area contributed by atoms with Crippen molar-refractivity contribution >= 4 is 0 Å². The summed E-state index contributed by atoms with van der Waals surface area (Å²) in [5.41, 5.74) is 0.846. The number of nitrogens with one attached hydrogen (secondary N) is 1. The van der Waals surface area contributed by atoms with E-state index in [2.05, 4.69) is 31.1 Å². The van der Waals surface area contributed by atoms with E-state index >= 15 is 0 Å². The van der Waals surface area contributed by atoms with Crippen LogP contribution in [0.25, 0.3) is 0 Å². The number of fused-ring (bicyclic) bond motifs is 1. The van der Waals surface area contributed by atoms with E-state index in [-0.39, 0.29) is 6.79 Å². The number of likely N-dealkylation sites (N-methyl/N-ethyl adjacent to an activating group) is 1. The second kappa shape index (κ2) is 6.92. The molecule has 2 rings (SSSR count). The fourth-order valence-electron chi connectivity index (χ4n) is 1.99. The Morgan fingerprint density at radius 2 is 2.05 bits per heavy atom. The maximum atomic E-state index is 10.2. The van der Waals surface area contributed by atoms with Crippen LogP contribution in [0.1, 0.15) is 25.5 Å². The summed E-state index contributed by atoms with van der Waals surface area (Å²) in [5, 5.41) is 13.4. The minimum absolute atomic E-state index is 0.259. The van der Waals surface area contributed by atoms with Crippen LogP contribution in [0.4, 0.5) is 0 Å². The minimum Gasteiger partial charge on any atom is -0.454 e. The van der Waals surface area contributed by atoms with Crippen molar-refractivity contribution in [2.75, 3.05) is 33.5 Å². The summed E-state index contributed by atoms with van der Waals surface area (Å²) >= 11 is 0. The van der Waals surface area contributed by atoms with E-state index in [0.29, 0.717) is 18.3 Å². The zero-order chi connectivity index (χ0) is 14.5. The number of nitrogens with zero attached hydrogens (tertiary/aromatic N) is 1. The van der Waals surface area contributed by atoms with E-state index in [4.69, 9.17) is 9.47 Å². The molecule has 20 heavy (non-hydrogen) atoms. The lowest BCUT2D eigenvalue weighted by Crippen LogP contribution is -2.35. The van der Waals surface area contributed by atoms with Gasteiger partial charge >= 0.3 is 0 Å². The van der Waals surface area contributed by atoms with Crippen LogP contribution in [-0.2, 0) is 0 Å². The van der Waals surface area contributed by atoms with Crippen molar-refractivity contribution in [3.63, 3.8) is 0 Å². The summed E-state index contributed by atoms with van der Waals surface area (Å²) in [6.07, 6.45) is -0.533. The van der Waals surface area contributed by atoms with Crippen molar-refractivity contribution in [1.82, 2.24) is 10.2 Å². The van der Waals surface area contributed by atoms with Crippen molar-refractivity contribution in [1.29, 1.82) is 0 Å². The van der Waals surface area contributed by atoms with Crippen LogP contribution in [0.2, 0.25) is 0 Å². The number of rotatable bonds is 7. The average molecular weight is 280 g/mol. The second-order valence-corrected chi connectivity index (χ2v) is 5.41. The van der Waals surface area contributed by atoms with Crippen LogP contribution in [-0.4, -0.2) is 49.5 Å². The SMILES string of the molecule is CC(C)N(C)CCNCC(O)c1ccc2c(c1)OCO2. The van der Waals surface area contributed by atoms with Crippen molar-refractivity contribution in [2.45, 2.75) is 26.0 Å². The first-order valence-electron chi connectivity index (χ1n) is 7.06. The Labute approximate surface area is 120 Å². The first kappa shape index (κ1) is 15.1. The van der Waals surface area contributed by atoms with Gasteiger partial charge in [-0.05, 0) is 38.6 Å². The summed E-state index contributed by atoms with van der Waals surface area (Å²) < 4.78 is 10.6. The van der Waals surface area contributed by atoms with Crippen molar-refractivity contribution in [2.24, 2.45) is 0 Å². The smallest absolute Gasteiger partial charge is 0.231 e. The van der Waals surface area contributed by atoms with Gasteiger partial charge in [0, 0.05) is 25.7 Å². The van der Waals surface area contributed by atoms with Gasteiger partial charge in [0.25, 0.3) is 0 Å². The molecule has 1 aliphatic rings. The number of benzene rings is 1. The Morgan fingerprint density at radius 1 is 1.30 bits per heavy atom. The van der Waals surface area contributed by atoms with Gasteiger partial charge in [-0.25, -0.2) is 0 Å². The van der Waals surface area contributed by atoms with Crippen LogP contribution in [0.5, 0.6) is 11.5 Å². The van der Waals surface area contributed by atoms with Gasteiger partial charge in [-0.15, -0.1) is 0 Å². The van der Waals surface area contributed by atoms with Crippen molar-refractivity contribution in [3.8, 4) is 11.5 Å². The summed E-state index contributed by atoms with van der Waals surface area (Å²) in [5.74, 6) is 1.45. The largest absolute Gasteiger partial charge is 0.454 e. The van der Waals surface area contributed by atoms with E-state index < -0.39 is 6.10 Å². The summed E-state index contributed by atoms with van der Waals surface area (Å²) in [7, 11) is 2.10. The number of hydrogen-bond acceptors (Lipinski definition) is 5. The summed E-state index contributed by atoms with van der Waals surface area (Å²) in [4.78, 5) is 2.26. The lowest BCUT2D eigenvalue weighted by atomic mass is 10.1. The van der Waals surface area contributed by atoms with Crippen molar-refractivity contribution in [3.05, 3.63) is 23.8 Å². The maximum Gasteiger partial charge on any atom is 0.231 e. The molecule has 1 heterocycles. The first-order valence-corrected chi connectivity index (χ1v) is 7.06. The number of ether oxygens (including phenoxy) is 2. The highest BCUT2D eigenvalue weighted by atomic mass is 16.7. The number of aliphatic hydroxyl groups excluding tert-OH is 1. The molecule has 1 aliphatic heterocycles. The van der Waals surface area contributed by atoms with Gasteiger partial charge in [0.2, 0.25) is 6.79 Å². The van der Waals surface area contributed by atoms with E-state index in [9.17, 15) is 5.11 Å². The highest BCUT2D eigenvalue weighted by Gasteiger charge is 2.16. The molecule has 1 aromatic rings. The quantitative estimate of drug-likeness (QED) is 0.739. The van der Waals surface area contributed by atoms with Gasteiger partial charge in [-0.2, -0.15) is 0 Å². The van der Waals surface area contributed by atoms with E-state index in [1.807, 2.05) is 18.2 Å². The number of hydrogen-bond donors (Lipinski definition) is 2. The third-order valence-electron chi connectivity index (χ3n) is 3.64. The molecule has 0 saturated heterocycles. The molecule has 0 amide bonds. The van der Waals surface area contributed by atoms with Gasteiger partial charge in [0.1, 0.15) is 0 Å². The molecule has 0 aliphatic carbocycles. The summed E-state index contributed by atoms with van der Waals surface area (Å²) in [6.45, 7) is 6.95.